The molecule has 3 rings (SSSR count). The summed E-state index contributed by atoms with van der Waals surface area (Å²) in [7, 11) is 0. The molecule has 0 aliphatic rings. The molecule has 0 aliphatic heterocycles. The molecule has 0 fully saturated rings. The maximum absolute atomic E-state index is 13.7. The third-order valence-corrected chi connectivity index (χ3v) is 5.34. The van der Waals surface area contributed by atoms with E-state index >= 15 is 0 Å². The second kappa shape index (κ2) is 8.86. The number of para-hydroxylation sites is 1. The van der Waals surface area contributed by atoms with Gasteiger partial charge in [-0.3, -0.25) is 4.79 Å². The standard InChI is InChI=1S/C20H17F4N3O2S/c1-11-7-8-13(9-15(11)21)18-26-17(29-27-18)10-30-12(2)19(28)25-16-6-4-3-5-14(16)20(22,23)24/h3-9,12H,10H2,1-2H3,(H,25,28). The van der Waals surface area contributed by atoms with Gasteiger partial charge in [-0.1, -0.05) is 29.4 Å². The van der Waals surface area contributed by atoms with Crippen LogP contribution in [0.3, 0.4) is 0 Å². The molecule has 0 saturated heterocycles. The fourth-order valence-electron chi connectivity index (χ4n) is 2.51. The Balaban J connectivity index is 1.61. The van der Waals surface area contributed by atoms with Gasteiger partial charge in [0.15, 0.2) is 0 Å². The summed E-state index contributed by atoms with van der Waals surface area (Å²) in [5, 5.41) is 5.42. The zero-order valence-electron chi connectivity index (χ0n) is 16.0. The van der Waals surface area contributed by atoms with Crippen LogP contribution in [-0.4, -0.2) is 21.3 Å². The molecule has 158 valence electrons. The predicted octanol–water partition coefficient (Wildman–Crippen LogP) is 5.46. The Kier molecular flexibility index (Phi) is 6.45. The van der Waals surface area contributed by atoms with Gasteiger partial charge in [-0.2, -0.15) is 18.2 Å². The molecule has 2 aromatic carbocycles. The van der Waals surface area contributed by atoms with E-state index in [-0.39, 0.29) is 23.2 Å². The fraction of sp³-hybridized carbons (Fsp3) is 0.250. The Bertz CT molecular complexity index is 1050. The summed E-state index contributed by atoms with van der Waals surface area (Å²) in [6.07, 6.45) is -4.57. The van der Waals surface area contributed by atoms with Crippen molar-refractivity contribution in [1.29, 1.82) is 0 Å². The molecule has 30 heavy (non-hydrogen) atoms. The first-order valence-corrected chi connectivity index (χ1v) is 9.88. The quantitative estimate of drug-likeness (QED) is 0.517. The summed E-state index contributed by atoms with van der Waals surface area (Å²) in [6.45, 7) is 3.19. The first-order valence-electron chi connectivity index (χ1n) is 8.83. The third-order valence-electron chi connectivity index (χ3n) is 4.21. The van der Waals surface area contributed by atoms with Crippen LogP contribution in [0, 0.1) is 12.7 Å². The Morgan fingerprint density at radius 2 is 1.97 bits per heavy atom. The summed E-state index contributed by atoms with van der Waals surface area (Å²) in [6, 6.07) is 9.32. The number of hydrogen-bond acceptors (Lipinski definition) is 5. The number of aromatic nitrogens is 2. The maximum Gasteiger partial charge on any atom is 0.418 e. The molecule has 10 heteroatoms. The van der Waals surface area contributed by atoms with Gasteiger partial charge in [0.25, 0.3) is 0 Å². The summed E-state index contributed by atoms with van der Waals surface area (Å²) in [5.74, 6) is -0.390. The number of nitrogens with zero attached hydrogens (tertiary/aromatic N) is 2. The van der Waals surface area contributed by atoms with Crippen molar-refractivity contribution in [2.24, 2.45) is 0 Å². The van der Waals surface area contributed by atoms with Crippen LogP contribution in [0.1, 0.15) is 23.9 Å². The average Bonchev–Trinajstić information content (AvgIpc) is 3.17. The number of aryl methyl sites for hydroxylation is 1. The van der Waals surface area contributed by atoms with E-state index in [2.05, 4.69) is 15.5 Å². The highest BCUT2D eigenvalue weighted by Crippen LogP contribution is 2.35. The van der Waals surface area contributed by atoms with Crippen molar-refractivity contribution in [2.75, 3.05) is 5.32 Å². The van der Waals surface area contributed by atoms with Gasteiger partial charge in [0.2, 0.25) is 17.6 Å². The zero-order chi connectivity index (χ0) is 21.9. The average molecular weight is 439 g/mol. The van der Waals surface area contributed by atoms with E-state index in [1.54, 1.807) is 26.0 Å². The monoisotopic (exact) mass is 439 g/mol. The lowest BCUT2D eigenvalue weighted by molar-refractivity contribution is -0.137. The van der Waals surface area contributed by atoms with Crippen LogP contribution in [0.5, 0.6) is 0 Å². The van der Waals surface area contributed by atoms with Crippen molar-refractivity contribution >= 4 is 23.4 Å². The molecular formula is C20H17F4N3O2S. The number of anilines is 1. The van der Waals surface area contributed by atoms with Gasteiger partial charge in [-0.25, -0.2) is 4.39 Å². The molecule has 0 bridgehead atoms. The second-order valence-electron chi connectivity index (χ2n) is 6.46. The van der Waals surface area contributed by atoms with Crippen LogP contribution >= 0.6 is 11.8 Å². The normalized spacial score (nSPS) is 12.6. The third kappa shape index (κ3) is 5.18. The Morgan fingerprint density at radius 1 is 1.23 bits per heavy atom. The van der Waals surface area contributed by atoms with Gasteiger partial charge in [0.1, 0.15) is 5.82 Å². The number of benzene rings is 2. The van der Waals surface area contributed by atoms with Crippen molar-refractivity contribution in [3.8, 4) is 11.4 Å². The van der Waals surface area contributed by atoms with E-state index in [4.69, 9.17) is 4.52 Å². The molecule has 1 aromatic heterocycles. The second-order valence-corrected chi connectivity index (χ2v) is 7.79. The van der Waals surface area contributed by atoms with Gasteiger partial charge >= 0.3 is 6.18 Å². The largest absolute Gasteiger partial charge is 0.418 e. The van der Waals surface area contributed by atoms with Gasteiger partial charge in [0, 0.05) is 5.56 Å². The molecule has 1 amide bonds. The van der Waals surface area contributed by atoms with E-state index in [9.17, 15) is 22.4 Å². The SMILES string of the molecule is Cc1ccc(-c2noc(CSC(C)C(=O)Nc3ccccc3C(F)(F)F)n2)cc1F. The van der Waals surface area contributed by atoms with Gasteiger partial charge in [-0.15, -0.1) is 11.8 Å². The molecule has 0 saturated carbocycles. The fourth-order valence-corrected chi connectivity index (χ4v) is 3.23. The minimum absolute atomic E-state index is 0.164. The molecule has 1 N–H and O–H groups in total. The molecule has 1 unspecified atom stereocenters. The van der Waals surface area contributed by atoms with Gasteiger partial charge in [-0.05, 0) is 37.6 Å². The molecule has 3 aromatic rings. The van der Waals surface area contributed by atoms with Crippen molar-refractivity contribution < 1.29 is 26.9 Å². The van der Waals surface area contributed by atoms with Crippen molar-refractivity contribution in [3.05, 3.63) is 65.3 Å². The van der Waals surface area contributed by atoms with E-state index in [0.29, 0.717) is 11.1 Å². The van der Waals surface area contributed by atoms with Gasteiger partial charge in [0.05, 0.1) is 22.3 Å². The van der Waals surface area contributed by atoms with Crippen molar-refractivity contribution in [2.45, 2.75) is 31.0 Å². The lowest BCUT2D eigenvalue weighted by atomic mass is 10.1. The molecule has 0 spiro atoms. The highest BCUT2D eigenvalue weighted by atomic mass is 32.2. The van der Waals surface area contributed by atoms with Crippen LogP contribution in [-0.2, 0) is 16.7 Å². The Hall–Kier alpha value is -2.88. The van der Waals surface area contributed by atoms with Crippen LogP contribution < -0.4 is 5.32 Å². The van der Waals surface area contributed by atoms with Crippen LogP contribution in [0.4, 0.5) is 23.2 Å². The number of halogens is 4. The van der Waals surface area contributed by atoms with E-state index in [1.165, 1.54) is 24.3 Å². The topological polar surface area (TPSA) is 68.0 Å². The molecule has 1 atom stereocenters. The molecule has 0 radical (unpaired) electrons. The number of carbonyl (C=O) groups is 1. The molecule has 1 heterocycles. The van der Waals surface area contributed by atoms with Crippen LogP contribution in [0.15, 0.2) is 47.0 Å². The summed E-state index contributed by atoms with van der Waals surface area (Å²) in [4.78, 5) is 16.5. The van der Waals surface area contributed by atoms with E-state index in [0.717, 1.165) is 17.8 Å². The van der Waals surface area contributed by atoms with Crippen LogP contribution in [0.2, 0.25) is 0 Å². The number of hydrogen-bond donors (Lipinski definition) is 1. The summed E-state index contributed by atoms with van der Waals surface area (Å²) < 4.78 is 58.0. The highest BCUT2D eigenvalue weighted by Gasteiger charge is 2.33. The highest BCUT2D eigenvalue weighted by molar-refractivity contribution is 7.99. The number of nitrogens with one attached hydrogen (secondary N) is 1. The van der Waals surface area contributed by atoms with Gasteiger partial charge < -0.3 is 9.84 Å². The predicted molar refractivity (Wildman–Crippen MR) is 105 cm³/mol. The molecular weight excluding hydrogens is 422 g/mol. The minimum atomic E-state index is -4.57. The van der Waals surface area contributed by atoms with E-state index < -0.39 is 28.7 Å². The molecule has 5 nitrogen and oxygen atoms in total. The summed E-state index contributed by atoms with van der Waals surface area (Å²) >= 11 is 1.12. The molecule has 0 aliphatic carbocycles. The number of alkyl halides is 3. The van der Waals surface area contributed by atoms with Crippen LogP contribution in [0.25, 0.3) is 11.4 Å². The lowest BCUT2D eigenvalue weighted by Gasteiger charge is -2.15. The number of rotatable bonds is 6. The smallest absolute Gasteiger partial charge is 0.338 e. The Labute approximate surface area is 173 Å². The zero-order valence-corrected chi connectivity index (χ0v) is 16.8. The number of thioether (sulfide) groups is 1. The number of carbonyl (C=O) groups excluding carboxylic acids is 1. The Morgan fingerprint density at radius 3 is 2.67 bits per heavy atom. The van der Waals surface area contributed by atoms with Crippen molar-refractivity contribution in [3.63, 3.8) is 0 Å². The maximum atomic E-state index is 13.7. The summed E-state index contributed by atoms with van der Waals surface area (Å²) in [5.41, 5.74) is -0.274. The first kappa shape index (κ1) is 21.8. The first-order chi connectivity index (χ1) is 14.1. The number of amides is 1. The van der Waals surface area contributed by atoms with E-state index in [1.807, 2.05) is 0 Å². The minimum Gasteiger partial charge on any atom is -0.338 e. The lowest BCUT2D eigenvalue weighted by Crippen LogP contribution is -2.24. The van der Waals surface area contributed by atoms with Crippen molar-refractivity contribution in [1.82, 2.24) is 10.1 Å².